The van der Waals surface area contributed by atoms with Crippen LogP contribution in [0.4, 0.5) is 0 Å². The van der Waals surface area contributed by atoms with Gasteiger partial charge in [0.05, 0.1) is 5.56 Å². The molecule has 0 saturated heterocycles. The molecule has 0 bridgehead atoms. The summed E-state index contributed by atoms with van der Waals surface area (Å²) in [5.41, 5.74) is 2.21. The number of hydrogen-bond acceptors (Lipinski definition) is 5. The maximum atomic E-state index is 12.3. The molecule has 2 aromatic carbocycles. The third kappa shape index (κ3) is 5.92. The minimum Gasteiger partial charge on any atom is -0.452 e. The van der Waals surface area contributed by atoms with Gasteiger partial charge >= 0.3 is 11.9 Å². The van der Waals surface area contributed by atoms with Gasteiger partial charge in [-0.1, -0.05) is 44.0 Å². The monoisotopic (exact) mass is 409 g/mol. The highest BCUT2D eigenvalue weighted by Gasteiger charge is 2.23. The van der Waals surface area contributed by atoms with Gasteiger partial charge in [0, 0.05) is 13.0 Å². The zero-order valence-electron chi connectivity index (χ0n) is 17.4. The van der Waals surface area contributed by atoms with E-state index < -0.39 is 5.97 Å². The van der Waals surface area contributed by atoms with E-state index in [0.717, 1.165) is 30.4 Å². The molecule has 1 fully saturated rings. The zero-order valence-corrected chi connectivity index (χ0v) is 17.4. The Balaban J connectivity index is 1.52. The molecule has 2 aromatic rings. The van der Waals surface area contributed by atoms with Crippen LogP contribution in [0.1, 0.15) is 49.9 Å². The van der Waals surface area contributed by atoms with E-state index in [4.69, 9.17) is 9.47 Å². The van der Waals surface area contributed by atoms with Crippen LogP contribution in [0.15, 0.2) is 48.5 Å². The van der Waals surface area contributed by atoms with Crippen LogP contribution in [-0.4, -0.2) is 30.5 Å². The smallest absolute Gasteiger partial charge is 0.338 e. The van der Waals surface area contributed by atoms with E-state index in [-0.39, 0.29) is 24.5 Å². The van der Waals surface area contributed by atoms with E-state index in [0.29, 0.717) is 17.2 Å². The second-order valence-electron chi connectivity index (χ2n) is 7.71. The number of carbonyl (C=O) groups is 3. The molecule has 0 aromatic heterocycles. The summed E-state index contributed by atoms with van der Waals surface area (Å²) >= 11 is 0. The van der Waals surface area contributed by atoms with Crippen molar-refractivity contribution in [1.82, 2.24) is 5.32 Å². The van der Waals surface area contributed by atoms with Crippen LogP contribution in [0, 0.1) is 5.92 Å². The Labute approximate surface area is 176 Å². The van der Waals surface area contributed by atoms with Gasteiger partial charge in [-0.25, -0.2) is 4.79 Å². The van der Waals surface area contributed by atoms with Gasteiger partial charge in [-0.3, -0.25) is 9.59 Å². The summed E-state index contributed by atoms with van der Waals surface area (Å²) in [6.07, 6.45) is 4.41. The molecule has 1 aliphatic rings. The van der Waals surface area contributed by atoms with Crippen LogP contribution in [-0.2, 0) is 14.3 Å². The molecule has 0 aliphatic heterocycles. The summed E-state index contributed by atoms with van der Waals surface area (Å²) in [5.74, 6) is -0.223. The molecular formula is C24H27NO5. The van der Waals surface area contributed by atoms with Crippen LogP contribution in [0.5, 0.6) is 5.75 Å². The van der Waals surface area contributed by atoms with E-state index in [1.54, 1.807) is 36.4 Å². The first-order valence-electron chi connectivity index (χ1n) is 10.3. The van der Waals surface area contributed by atoms with Gasteiger partial charge in [-0.15, -0.1) is 0 Å². The summed E-state index contributed by atoms with van der Waals surface area (Å²) in [7, 11) is 0. The molecule has 1 saturated carbocycles. The zero-order chi connectivity index (χ0) is 21.5. The van der Waals surface area contributed by atoms with Crippen molar-refractivity contribution in [3.05, 3.63) is 54.1 Å². The Bertz CT molecular complexity index is 889. The van der Waals surface area contributed by atoms with Crippen molar-refractivity contribution in [2.45, 2.75) is 45.6 Å². The fourth-order valence-electron chi connectivity index (χ4n) is 3.67. The number of ether oxygens (including phenoxy) is 2. The lowest BCUT2D eigenvalue weighted by Gasteiger charge is -2.29. The predicted molar refractivity (Wildman–Crippen MR) is 113 cm³/mol. The lowest BCUT2D eigenvalue weighted by Crippen LogP contribution is -2.42. The van der Waals surface area contributed by atoms with Gasteiger partial charge < -0.3 is 14.8 Å². The number of hydrogen-bond donors (Lipinski definition) is 1. The number of amides is 1. The summed E-state index contributed by atoms with van der Waals surface area (Å²) in [6, 6.07) is 14.2. The lowest BCUT2D eigenvalue weighted by molar-refractivity contribution is -0.132. The quantitative estimate of drug-likeness (QED) is 0.573. The number of esters is 2. The molecule has 2 atom stereocenters. The standard InChI is InChI=1S/C24H27NO5/c1-16-5-3-4-6-22(16)25-23(27)15-29-24(28)20-9-7-18(8-10-20)19-11-13-21(14-12-19)30-17(2)26/h7-14,16,22H,3-6,15H2,1-2H3,(H,25,27)/t16-,22+/m0/s1. The number of nitrogens with one attached hydrogen (secondary N) is 1. The summed E-state index contributed by atoms with van der Waals surface area (Å²) in [4.78, 5) is 35.3. The first-order chi connectivity index (χ1) is 14.4. The topological polar surface area (TPSA) is 81.7 Å². The Morgan fingerprint density at radius 2 is 1.53 bits per heavy atom. The molecular weight excluding hydrogens is 382 g/mol. The highest BCUT2D eigenvalue weighted by Crippen LogP contribution is 2.24. The molecule has 30 heavy (non-hydrogen) atoms. The van der Waals surface area contributed by atoms with Crippen molar-refractivity contribution < 1.29 is 23.9 Å². The second kappa shape index (κ2) is 10.1. The first kappa shape index (κ1) is 21.6. The highest BCUT2D eigenvalue weighted by atomic mass is 16.5. The van der Waals surface area contributed by atoms with Crippen LogP contribution >= 0.6 is 0 Å². The lowest BCUT2D eigenvalue weighted by atomic mass is 9.86. The molecule has 0 heterocycles. The fraction of sp³-hybridized carbons (Fsp3) is 0.375. The molecule has 0 spiro atoms. The van der Waals surface area contributed by atoms with Gasteiger partial charge in [0.1, 0.15) is 5.75 Å². The molecule has 3 rings (SSSR count). The largest absolute Gasteiger partial charge is 0.452 e. The summed E-state index contributed by atoms with van der Waals surface area (Å²) in [6.45, 7) is 3.22. The molecule has 6 nitrogen and oxygen atoms in total. The molecule has 1 N–H and O–H groups in total. The predicted octanol–water partition coefficient (Wildman–Crippen LogP) is 4.13. The van der Waals surface area contributed by atoms with Crippen molar-refractivity contribution in [2.75, 3.05) is 6.61 Å². The maximum Gasteiger partial charge on any atom is 0.338 e. The summed E-state index contributed by atoms with van der Waals surface area (Å²) in [5, 5.41) is 2.97. The van der Waals surface area contributed by atoms with Crippen molar-refractivity contribution >= 4 is 17.8 Å². The fourth-order valence-corrected chi connectivity index (χ4v) is 3.67. The molecule has 1 aliphatic carbocycles. The minimum absolute atomic E-state index is 0.163. The number of carbonyl (C=O) groups excluding carboxylic acids is 3. The second-order valence-corrected chi connectivity index (χ2v) is 7.71. The Morgan fingerprint density at radius 1 is 0.933 bits per heavy atom. The Hall–Kier alpha value is -3.15. The minimum atomic E-state index is -0.529. The van der Waals surface area contributed by atoms with Crippen molar-refractivity contribution in [3.8, 4) is 16.9 Å². The molecule has 0 radical (unpaired) electrons. The Kier molecular flexibility index (Phi) is 7.22. The van der Waals surface area contributed by atoms with Gasteiger partial charge in [-0.05, 0) is 54.2 Å². The van der Waals surface area contributed by atoms with Gasteiger partial charge in [0.2, 0.25) is 0 Å². The van der Waals surface area contributed by atoms with Crippen LogP contribution in [0.3, 0.4) is 0 Å². The van der Waals surface area contributed by atoms with Gasteiger partial charge in [-0.2, -0.15) is 0 Å². The number of rotatable bonds is 6. The van der Waals surface area contributed by atoms with Gasteiger partial charge in [0.25, 0.3) is 5.91 Å². The SMILES string of the molecule is CC(=O)Oc1ccc(-c2ccc(C(=O)OCC(=O)N[C@@H]3CCCC[C@@H]3C)cc2)cc1. The Morgan fingerprint density at radius 3 is 2.13 bits per heavy atom. The van der Waals surface area contributed by atoms with Crippen molar-refractivity contribution in [3.63, 3.8) is 0 Å². The van der Waals surface area contributed by atoms with E-state index >= 15 is 0 Å². The van der Waals surface area contributed by atoms with Crippen LogP contribution in [0.2, 0.25) is 0 Å². The number of benzene rings is 2. The van der Waals surface area contributed by atoms with E-state index in [2.05, 4.69) is 12.2 Å². The molecule has 1 amide bonds. The van der Waals surface area contributed by atoms with E-state index in [9.17, 15) is 14.4 Å². The summed E-state index contributed by atoms with van der Waals surface area (Å²) < 4.78 is 10.2. The first-order valence-corrected chi connectivity index (χ1v) is 10.3. The molecule has 0 unspecified atom stereocenters. The maximum absolute atomic E-state index is 12.3. The van der Waals surface area contributed by atoms with Gasteiger partial charge in [0.15, 0.2) is 6.61 Å². The molecule has 158 valence electrons. The van der Waals surface area contributed by atoms with Crippen LogP contribution in [0.25, 0.3) is 11.1 Å². The van der Waals surface area contributed by atoms with Crippen molar-refractivity contribution in [2.24, 2.45) is 5.92 Å². The third-order valence-corrected chi connectivity index (χ3v) is 5.36. The average molecular weight is 409 g/mol. The molecule has 6 heteroatoms. The third-order valence-electron chi connectivity index (χ3n) is 5.36. The van der Waals surface area contributed by atoms with E-state index in [1.807, 2.05) is 12.1 Å². The van der Waals surface area contributed by atoms with Crippen LogP contribution < -0.4 is 10.1 Å². The normalized spacial score (nSPS) is 18.3. The highest BCUT2D eigenvalue weighted by molar-refractivity contribution is 5.92. The van der Waals surface area contributed by atoms with E-state index in [1.165, 1.54) is 13.3 Å². The average Bonchev–Trinajstić information content (AvgIpc) is 2.74. The van der Waals surface area contributed by atoms with Crippen molar-refractivity contribution in [1.29, 1.82) is 0 Å².